The molecule has 0 fully saturated rings. The number of nitrogens with two attached hydrogens (primary N) is 1. The zero-order chi connectivity index (χ0) is 13.4. The fourth-order valence-electron chi connectivity index (χ4n) is 2.22. The van der Waals surface area contributed by atoms with E-state index in [1.807, 2.05) is 30.3 Å². The molecule has 3 rings (SSSR count). The monoisotopic (exact) mass is 272 g/mol. The van der Waals surface area contributed by atoms with Crippen LogP contribution in [0.1, 0.15) is 6.92 Å². The lowest BCUT2D eigenvalue weighted by Gasteiger charge is -2.06. The number of pyridine rings is 1. The number of nitrogen functional groups attached to an aromatic ring is 1. The molecule has 1 aromatic carbocycles. The molecule has 0 aliphatic carbocycles. The van der Waals surface area contributed by atoms with Crippen molar-refractivity contribution in [1.29, 1.82) is 0 Å². The van der Waals surface area contributed by atoms with Crippen molar-refractivity contribution in [2.45, 2.75) is 13.5 Å². The summed E-state index contributed by atoms with van der Waals surface area (Å²) < 4.78 is 2.12. The van der Waals surface area contributed by atoms with Crippen LogP contribution in [-0.4, -0.2) is 14.5 Å². The molecule has 4 nitrogen and oxygen atoms in total. The normalized spacial score (nSPS) is 11.1. The molecule has 0 bridgehead atoms. The van der Waals surface area contributed by atoms with E-state index in [-0.39, 0.29) is 0 Å². The molecule has 0 saturated carbocycles. The number of rotatable bonds is 2. The molecule has 0 saturated heterocycles. The zero-order valence-electron chi connectivity index (χ0n) is 10.5. The van der Waals surface area contributed by atoms with Crippen molar-refractivity contribution >= 4 is 28.5 Å². The number of aryl methyl sites for hydroxylation is 1. The van der Waals surface area contributed by atoms with Crippen LogP contribution in [0, 0.1) is 0 Å². The first kappa shape index (κ1) is 12.0. The average molecular weight is 273 g/mol. The van der Waals surface area contributed by atoms with Gasteiger partial charge in [-0.25, -0.2) is 9.97 Å². The quantitative estimate of drug-likeness (QED) is 0.778. The summed E-state index contributed by atoms with van der Waals surface area (Å²) in [5, 5.41) is 0.711. The minimum atomic E-state index is 0.491. The van der Waals surface area contributed by atoms with Crippen molar-refractivity contribution in [1.82, 2.24) is 14.5 Å². The van der Waals surface area contributed by atoms with Gasteiger partial charge in [0.1, 0.15) is 11.6 Å². The summed E-state index contributed by atoms with van der Waals surface area (Å²) >= 11 is 6.06. The molecule has 0 spiro atoms. The van der Waals surface area contributed by atoms with Gasteiger partial charge in [-0.3, -0.25) is 0 Å². The standard InChI is InChI=1S/C14H13ClN4/c1-2-19-12-8-10(15)3-4-11(12)18-14(19)9-5-6-17-13(16)7-9/h3-8H,2H2,1H3,(H2,16,17). The van der Waals surface area contributed by atoms with Crippen LogP contribution in [-0.2, 0) is 6.54 Å². The maximum absolute atomic E-state index is 6.06. The zero-order valence-corrected chi connectivity index (χ0v) is 11.2. The number of fused-ring (bicyclic) bond motifs is 1. The van der Waals surface area contributed by atoms with E-state index in [1.54, 1.807) is 6.20 Å². The molecule has 0 radical (unpaired) electrons. The van der Waals surface area contributed by atoms with E-state index in [0.29, 0.717) is 10.8 Å². The first-order valence-corrected chi connectivity index (χ1v) is 6.44. The van der Waals surface area contributed by atoms with E-state index in [2.05, 4.69) is 21.5 Å². The fourth-order valence-corrected chi connectivity index (χ4v) is 2.39. The van der Waals surface area contributed by atoms with E-state index in [4.69, 9.17) is 17.3 Å². The molecule has 19 heavy (non-hydrogen) atoms. The topological polar surface area (TPSA) is 56.7 Å². The molecular formula is C14H13ClN4. The number of aromatic nitrogens is 3. The van der Waals surface area contributed by atoms with E-state index < -0.39 is 0 Å². The third-order valence-electron chi connectivity index (χ3n) is 3.07. The van der Waals surface area contributed by atoms with Gasteiger partial charge in [0.05, 0.1) is 11.0 Å². The highest BCUT2D eigenvalue weighted by molar-refractivity contribution is 6.31. The minimum absolute atomic E-state index is 0.491. The second kappa shape index (κ2) is 4.55. The van der Waals surface area contributed by atoms with Gasteiger partial charge in [0.15, 0.2) is 0 Å². The largest absolute Gasteiger partial charge is 0.384 e. The Morgan fingerprint density at radius 1 is 1.26 bits per heavy atom. The number of nitrogens with zero attached hydrogens (tertiary/aromatic N) is 3. The van der Waals surface area contributed by atoms with E-state index in [1.165, 1.54) is 0 Å². The summed E-state index contributed by atoms with van der Waals surface area (Å²) in [6.07, 6.45) is 1.69. The number of halogens is 1. The van der Waals surface area contributed by atoms with Crippen LogP contribution in [0.15, 0.2) is 36.5 Å². The summed E-state index contributed by atoms with van der Waals surface area (Å²) in [7, 11) is 0. The number of imidazole rings is 1. The third-order valence-corrected chi connectivity index (χ3v) is 3.30. The first-order valence-electron chi connectivity index (χ1n) is 6.06. The Hall–Kier alpha value is -2.07. The van der Waals surface area contributed by atoms with Crippen LogP contribution in [0.5, 0.6) is 0 Å². The van der Waals surface area contributed by atoms with Crippen molar-refractivity contribution in [3.05, 3.63) is 41.6 Å². The molecule has 0 atom stereocenters. The highest BCUT2D eigenvalue weighted by Crippen LogP contribution is 2.27. The van der Waals surface area contributed by atoms with Crippen molar-refractivity contribution < 1.29 is 0 Å². The van der Waals surface area contributed by atoms with Gasteiger partial charge < -0.3 is 10.3 Å². The Labute approximate surface area is 115 Å². The second-order valence-corrected chi connectivity index (χ2v) is 4.72. The maximum atomic E-state index is 6.06. The molecule has 0 aliphatic rings. The van der Waals surface area contributed by atoms with Gasteiger partial charge in [0.2, 0.25) is 0 Å². The highest BCUT2D eigenvalue weighted by Gasteiger charge is 2.12. The molecular weight excluding hydrogens is 260 g/mol. The Morgan fingerprint density at radius 2 is 2.11 bits per heavy atom. The van der Waals surface area contributed by atoms with E-state index >= 15 is 0 Å². The average Bonchev–Trinajstić information content (AvgIpc) is 2.76. The van der Waals surface area contributed by atoms with Gasteiger partial charge in [-0.05, 0) is 37.3 Å². The van der Waals surface area contributed by atoms with Gasteiger partial charge in [0.25, 0.3) is 0 Å². The van der Waals surface area contributed by atoms with Crippen molar-refractivity contribution in [2.75, 3.05) is 5.73 Å². The third kappa shape index (κ3) is 2.04. The van der Waals surface area contributed by atoms with Gasteiger partial charge in [0, 0.05) is 23.3 Å². The lowest BCUT2D eigenvalue weighted by molar-refractivity contribution is 0.796. The molecule has 2 N–H and O–H groups in total. The summed E-state index contributed by atoms with van der Waals surface area (Å²) in [4.78, 5) is 8.67. The van der Waals surface area contributed by atoms with Crippen LogP contribution >= 0.6 is 11.6 Å². The van der Waals surface area contributed by atoms with Crippen LogP contribution in [0.25, 0.3) is 22.4 Å². The smallest absolute Gasteiger partial charge is 0.141 e. The number of anilines is 1. The Morgan fingerprint density at radius 3 is 2.84 bits per heavy atom. The fraction of sp³-hybridized carbons (Fsp3) is 0.143. The van der Waals surface area contributed by atoms with Crippen LogP contribution < -0.4 is 5.73 Å². The van der Waals surface area contributed by atoms with Crippen molar-refractivity contribution in [2.24, 2.45) is 0 Å². The molecule has 96 valence electrons. The number of hydrogen-bond donors (Lipinski definition) is 1. The van der Waals surface area contributed by atoms with Crippen LogP contribution in [0.4, 0.5) is 5.82 Å². The Balaban J connectivity index is 2.29. The predicted molar refractivity (Wildman–Crippen MR) is 78.1 cm³/mol. The molecule has 0 amide bonds. The lowest BCUT2D eigenvalue weighted by atomic mass is 10.2. The molecule has 0 unspecified atom stereocenters. The highest BCUT2D eigenvalue weighted by atomic mass is 35.5. The van der Waals surface area contributed by atoms with Gasteiger partial charge >= 0.3 is 0 Å². The predicted octanol–water partition coefficient (Wildman–Crippen LogP) is 3.35. The van der Waals surface area contributed by atoms with Gasteiger partial charge in [-0.1, -0.05) is 11.6 Å². The number of hydrogen-bond acceptors (Lipinski definition) is 3. The Kier molecular flexibility index (Phi) is 2.87. The maximum Gasteiger partial charge on any atom is 0.141 e. The molecule has 3 aromatic rings. The lowest BCUT2D eigenvalue weighted by Crippen LogP contribution is -1.98. The van der Waals surface area contributed by atoms with Gasteiger partial charge in [-0.2, -0.15) is 0 Å². The van der Waals surface area contributed by atoms with Crippen LogP contribution in [0.2, 0.25) is 5.02 Å². The Bertz CT molecular complexity index is 748. The van der Waals surface area contributed by atoms with E-state index in [9.17, 15) is 0 Å². The van der Waals surface area contributed by atoms with Crippen molar-refractivity contribution in [3.63, 3.8) is 0 Å². The van der Waals surface area contributed by atoms with E-state index in [0.717, 1.165) is 29.0 Å². The SMILES string of the molecule is CCn1c(-c2ccnc(N)c2)nc2ccc(Cl)cc21. The number of benzene rings is 1. The van der Waals surface area contributed by atoms with Crippen molar-refractivity contribution in [3.8, 4) is 11.4 Å². The summed E-state index contributed by atoms with van der Waals surface area (Å²) in [5.74, 6) is 1.37. The summed E-state index contributed by atoms with van der Waals surface area (Å²) in [5.41, 5.74) is 8.65. The molecule has 2 aromatic heterocycles. The molecule has 2 heterocycles. The first-order chi connectivity index (χ1) is 9.19. The minimum Gasteiger partial charge on any atom is -0.384 e. The second-order valence-electron chi connectivity index (χ2n) is 4.28. The summed E-state index contributed by atoms with van der Waals surface area (Å²) in [6.45, 7) is 2.89. The summed E-state index contributed by atoms with van der Waals surface area (Å²) in [6, 6.07) is 9.45. The molecule has 0 aliphatic heterocycles. The van der Waals surface area contributed by atoms with Gasteiger partial charge in [-0.15, -0.1) is 0 Å². The molecule has 5 heteroatoms. The van der Waals surface area contributed by atoms with Crippen LogP contribution in [0.3, 0.4) is 0 Å².